The number of fused-ring (bicyclic) bond motifs is 3. The van der Waals surface area contributed by atoms with Crippen LogP contribution in [0.2, 0.25) is 0 Å². The lowest BCUT2D eigenvalue weighted by atomic mass is 10.1. The van der Waals surface area contributed by atoms with Crippen LogP contribution < -0.4 is 14.8 Å². The van der Waals surface area contributed by atoms with E-state index in [2.05, 4.69) is 10.0 Å². The first kappa shape index (κ1) is 21.9. The van der Waals surface area contributed by atoms with Crippen molar-refractivity contribution >= 4 is 37.9 Å². The zero-order chi connectivity index (χ0) is 22.7. The fraction of sp³-hybridized carbons (Fsp3) is 0.208. The molecule has 0 unspecified atom stereocenters. The van der Waals surface area contributed by atoms with Crippen LogP contribution in [0.3, 0.4) is 0 Å². The summed E-state index contributed by atoms with van der Waals surface area (Å²) in [6.07, 6.45) is 0. The monoisotopic (exact) mass is 452 g/mol. The molecule has 3 aromatic carbocycles. The maximum atomic E-state index is 12.3. The van der Waals surface area contributed by atoms with Crippen molar-refractivity contribution in [3.8, 4) is 5.75 Å². The molecule has 0 aliphatic rings. The molecule has 0 aliphatic heterocycles. The van der Waals surface area contributed by atoms with Crippen LogP contribution in [0.5, 0.6) is 5.75 Å². The lowest BCUT2D eigenvalue weighted by molar-refractivity contribution is -0.123. The van der Waals surface area contributed by atoms with E-state index in [9.17, 15) is 13.2 Å². The number of carbonyl (C=O) groups excluding carboxylic acids is 1. The van der Waals surface area contributed by atoms with Crippen molar-refractivity contribution in [2.45, 2.75) is 31.3 Å². The Morgan fingerprint density at radius 1 is 0.969 bits per heavy atom. The number of furan rings is 1. The molecule has 0 fully saturated rings. The number of rotatable bonds is 8. The highest BCUT2D eigenvalue weighted by Gasteiger charge is 2.15. The smallest absolute Gasteiger partial charge is 0.258 e. The van der Waals surface area contributed by atoms with Crippen LogP contribution in [-0.2, 0) is 21.4 Å². The van der Waals surface area contributed by atoms with E-state index in [0.717, 1.165) is 21.9 Å². The Morgan fingerprint density at radius 3 is 2.56 bits per heavy atom. The van der Waals surface area contributed by atoms with E-state index in [1.54, 1.807) is 38.1 Å². The van der Waals surface area contributed by atoms with Crippen molar-refractivity contribution in [2.24, 2.45) is 0 Å². The summed E-state index contributed by atoms with van der Waals surface area (Å²) in [5.41, 5.74) is 2.23. The number of para-hydroxylation sites is 1. The second kappa shape index (κ2) is 9.02. The van der Waals surface area contributed by atoms with Crippen molar-refractivity contribution in [2.75, 3.05) is 6.61 Å². The minimum atomic E-state index is -3.59. The van der Waals surface area contributed by atoms with E-state index < -0.39 is 10.0 Å². The highest BCUT2D eigenvalue weighted by atomic mass is 32.2. The summed E-state index contributed by atoms with van der Waals surface area (Å²) in [4.78, 5) is 12.4. The predicted octanol–water partition coefficient (Wildman–Crippen LogP) is 3.97. The quantitative estimate of drug-likeness (QED) is 0.422. The lowest BCUT2D eigenvalue weighted by Crippen LogP contribution is -2.30. The Kier molecular flexibility index (Phi) is 6.16. The van der Waals surface area contributed by atoms with Crippen molar-refractivity contribution in [3.05, 3.63) is 72.3 Å². The van der Waals surface area contributed by atoms with E-state index in [-0.39, 0.29) is 30.0 Å². The molecule has 0 radical (unpaired) electrons. The minimum absolute atomic E-state index is 0.159. The van der Waals surface area contributed by atoms with Gasteiger partial charge in [-0.3, -0.25) is 4.79 Å². The van der Waals surface area contributed by atoms with Crippen molar-refractivity contribution < 1.29 is 22.4 Å². The van der Waals surface area contributed by atoms with Gasteiger partial charge in [0, 0.05) is 23.4 Å². The van der Waals surface area contributed by atoms with Gasteiger partial charge in [0.25, 0.3) is 5.91 Å². The highest BCUT2D eigenvalue weighted by molar-refractivity contribution is 7.89. The Hall–Kier alpha value is -3.36. The largest absolute Gasteiger partial charge is 0.484 e. The number of ether oxygens (including phenoxy) is 1. The van der Waals surface area contributed by atoms with E-state index in [1.165, 1.54) is 6.07 Å². The van der Waals surface area contributed by atoms with Gasteiger partial charge < -0.3 is 14.5 Å². The van der Waals surface area contributed by atoms with Crippen molar-refractivity contribution in [1.82, 2.24) is 10.0 Å². The van der Waals surface area contributed by atoms with Crippen LogP contribution in [-0.4, -0.2) is 27.0 Å². The molecule has 32 heavy (non-hydrogen) atoms. The van der Waals surface area contributed by atoms with E-state index in [4.69, 9.17) is 9.15 Å². The molecule has 1 amide bonds. The fourth-order valence-electron chi connectivity index (χ4n) is 3.40. The first-order valence-corrected chi connectivity index (χ1v) is 11.7. The topological polar surface area (TPSA) is 97.6 Å². The summed E-state index contributed by atoms with van der Waals surface area (Å²) >= 11 is 0. The summed E-state index contributed by atoms with van der Waals surface area (Å²) < 4.78 is 38.6. The molecule has 4 aromatic rings. The summed E-state index contributed by atoms with van der Waals surface area (Å²) in [6.45, 7) is 3.55. The Morgan fingerprint density at radius 2 is 1.75 bits per heavy atom. The van der Waals surface area contributed by atoms with Gasteiger partial charge in [-0.15, -0.1) is 0 Å². The van der Waals surface area contributed by atoms with Crippen LogP contribution >= 0.6 is 0 Å². The summed E-state index contributed by atoms with van der Waals surface area (Å²) in [7, 11) is -3.59. The zero-order valence-electron chi connectivity index (χ0n) is 17.8. The number of amides is 1. The molecule has 7 nitrogen and oxygen atoms in total. The molecule has 2 N–H and O–H groups in total. The molecule has 4 rings (SSSR count). The second-order valence-corrected chi connectivity index (χ2v) is 9.46. The van der Waals surface area contributed by atoms with Crippen LogP contribution in [0.25, 0.3) is 21.9 Å². The molecule has 0 atom stereocenters. The molecule has 0 saturated heterocycles. The molecular formula is C24H24N2O5S. The number of hydrogen-bond donors (Lipinski definition) is 2. The van der Waals surface area contributed by atoms with Crippen molar-refractivity contribution in [1.29, 1.82) is 0 Å². The first-order valence-electron chi connectivity index (χ1n) is 10.2. The molecule has 0 bridgehead atoms. The average molecular weight is 453 g/mol. The molecule has 1 heterocycles. The zero-order valence-corrected chi connectivity index (χ0v) is 18.6. The predicted molar refractivity (Wildman–Crippen MR) is 123 cm³/mol. The molecule has 0 aliphatic carbocycles. The molecule has 8 heteroatoms. The van der Waals surface area contributed by atoms with Gasteiger partial charge in [-0.2, -0.15) is 0 Å². The first-order chi connectivity index (χ1) is 15.3. The molecule has 0 spiro atoms. The van der Waals surface area contributed by atoms with Gasteiger partial charge >= 0.3 is 0 Å². The Labute approximate surface area is 186 Å². The third-order valence-electron chi connectivity index (χ3n) is 4.81. The van der Waals surface area contributed by atoms with E-state index >= 15 is 0 Å². The van der Waals surface area contributed by atoms with Gasteiger partial charge in [0.1, 0.15) is 16.9 Å². The van der Waals surface area contributed by atoms with Gasteiger partial charge in [0.2, 0.25) is 10.0 Å². The second-order valence-electron chi connectivity index (χ2n) is 7.74. The van der Waals surface area contributed by atoms with Gasteiger partial charge in [0.05, 0.1) is 4.90 Å². The van der Waals surface area contributed by atoms with E-state index in [1.807, 2.05) is 36.4 Å². The van der Waals surface area contributed by atoms with Crippen LogP contribution in [0.4, 0.5) is 0 Å². The minimum Gasteiger partial charge on any atom is -0.484 e. The lowest BCUT2D eigenvalue weighted by Gasteiger charge is -2.11. The third kappa shape index (κ3) is 4.92. The molecule has 166 valence electrons. The normalized spacial score (nSPS) is 11.8. The van der Waals surface area contributed by atoms with Gasteiger partial charge in [-0.25, -0.2) is 13.1 Å². The number of nitrogens with one attached hydrogen (secondary N) is 2. The van der Waals surface area contributed by atoms with E-state index in [0.29, 0.717) is 11.3 Å². The Bertz CT molecular complexity index is 1380. The average Bonchev–Trinajstić information content (AvgIpc) is 3.13. The maximum absolute atomic E-state index is 12.3. The molecule has 0 saturated carbocycles. The highest BCUT2D eigenvalue weighted by Crippen LogP contribution is 2.31. The summed E-state index contributed by atoms with van der Waals surface area (Å²) in [6, 6.07) is 19.4. The summed E-state index contributed by atoms with van der Waals surface area (Å²) in [5, 5.41) is 4.66. The van der Waals surface area contributed by atoms with Crippen molar-refractivity contribution in [3.63, 3.8) is 0 Å². The number of hydrogen-bond acceptors (Lipinski definition) is 5. The van der Waals surface area contributed by atoms with Gasteiger partial charge in [-0.05, 0) is 55.8 Å². The van der Waals surface area contributed by atoms with Crippen LogP contribution in [0, 0.1) is 0 Å². The SMILES string of the molecule is CC(C)NS(=O)(=O)c1cccc(CNC(=O)COc2ccc3oc4ccccc4c3c2)c1. The van der Waals surface area contributed by atoms with Gasteiger partial charge in [-0.1, -0.05) is 30.3 Å². The fourth-order valence-corrected chi connectivity index (χ4v) is 4.72. The molecular weight excluding hydrogens is 428 g/mol. The standard InChI is InChI=1S/C24H24N2O5S/c1-16(2)26-32(28,29)19-7-5-6-17(12-19)14-25-24(27)15-30-18-10-11-23-21(13-18)20-8-3-4-9-22(20)31-23/h3-13,16,26H,14-15H2,1-2H3,(H,25,27). The van der Waals surface area contributed by atoms with Gasteiger partial charge in [0.15, 0.2) is 6.61 Å². The number of carbonyl (C=O) groups is 1. The Balaban J connectivity index is 1.37. The maximum Gasteiger partial charge on any atom is 0.258 e. The number of sulfonamides is 1. The third-order valence-corrected chi connectivity index (χ3v) is 6.46. The summed E-state index contributed by atoms with van der Waals surface area (Å²) in [5.74, 6) is 0.253. The van der Waals surface area contributed by atoms with Crippen LogP contribution in [0.15, 0.2) is 76.0 Å². The molecule has 1 aromatic heterocycles. The van der Waals surface area contributed by atoms with Crippen LogP contribution in [0.1, 0.15) is 19.4 Å². The number of benzene rings is 3.